The third kappa shape index (κ3) is 4.24. The summed E-state index contributed by atoms with van der Waals surface area (Å²) in [7, 11) is -4.36. The van der Waals surface area contributed by atoms with Crippen LogP contribution in [0.5, 0.6) is 0 Å². The van der Waals surface area contributed by atoms with E-state index in [9.17, 15) is 26.4 Å². The van der Waals surface area contributed by atoms with Gasteiger partial charge in [0, 0.05) is 11.5 Å². The van der Waals surface area contributed by atoms with Crippen LogP contribution in [0.15, 0.2) is 27.6 Å². The first-order chi connectivity index (χ1) is 15.4. The Morgan fingerprint density at radius 2 is 1.97 bits per heavy atom. The molecule has 0 bridgehead atoms. The van der Waals surface area contributed by atoms with E-state index in [0.29, 0.717) is 29.9 Å². The van der Waals surface area contributed by atoms with Gasteiger partial charge in [0.05, 0.1) is 27.5 Å². The number of amides is 1. The first-order valence-corrected chi connectivity index (χ1v) is 12.0. The number of nitrogens with one attached hydrogen (secondary N) is 1. The molecular weight excluding hydrogens is 459 g/mol. The van der Waals surface area contributed by atoms with Crippen molar-refractivity contribution in [3.05, 3.63) is 35.2 Å². The molecule has 1 aromatic carbocycles. The molecule has 0 unspecified atom stereocenters. The molecule has 7 nitrogen and oxygen atoms in total. The van der Waals surface area contributed by atoms with E-state index in [1.807, 2.05) is 6.07 Å². The van der Waals surface area contributed by atoms with Gasteiger partial charge in [-0.15, -0.1) is 0 Å². The molecule has 1 heterocycles. The van der Waals surface area contributed by atoms with Gasteiger partial charge < -0.3 is 9.84 Å². The Kier molecular flexibility index (Phi) is 5.55. The second-order valence-electron chi connectivity index (χ2n) is 8.77. The molecule has 11 heteroatoms. The minimum atomic E-state index is -4.90. The molecule has 2 fully saturated rings. The van der Waals surface area contributed by atoms with E-state index in [-0.39, 0.29) is 24.8 Å². The number of hydrogen-bond donors (Lipinski definition) is 1. The van der Waals surface area contributed by atoms with E-state index in [1.54, 1.807) is 13.8 Å². The number of hydrogen-bond acceptors (Lipinski definition) is 6. The molecule has 2 aromatic rings. The zero-order chi connectivity index (χ0) is 24.2. The van der Waals surface area contributed by atoms with Crippen molar-refractivity contribution < 1.29 is 30.9 Å². The van der Waals surface area contributed by atoms with Gasteiger partial charge in [0.15, 0.2) is 9.84 Å². The molecule has 2 saturated carbocycles. The van der Waals surface area contributed by atoms with E-state index in [2.05, 4.69) is 10.5 Å². The van der Waals surface area contributed by atoms with Crippen molar-refractivity contribution in [3.63, 3.8) is 0 Å². The zero-order valence-electron chi connectivity index (χ0n) is 18.0. The third-order valence-corrected chi connectivity index (χ3v) is 8.71. The average Bonchev–Trinajstić information content (AvgIpc) is 3.17. The number of rotatable bonds is 5. The normalized spacial score (nSPS) is 22.1. The molecule has 2 aliphatic carbocycles. The average molecular weight is 481 g/mol. The van der Waals surface area contributed by atoms with E-state index in [0.717, 1.165) is 12.1 Å². The summed E-state index contributed by atoms with van der Waals surface area (Å²) in [6.07, 6.45) is -3.61. The van der Waals surface area contributed by atoms with Crippen LogP contribution in [-0.4, -0.2) is 30.3 Å². The van der Waals surface area contributed by atoms with Crippen molar-refractivity contribution in [1.29, 1.82) is 5.26 Å². The summed E-state index contributed by atoms with van der Waals surface area (Å²) < 4.78 is 73.3. The fourth-order valence-electron chi connectivity index (χ4n) is 4.42. The van der Waals surface area contributed by atoms with Crippen LogP contribution in [0.3, 0.4) is 0 Å². The number of alkyl halides is 3. The van der Waals surface area contributed by atoms with Crippen LogP contribution in [0.25, 0.3) is 11.1 Å². The highest BCUT2D eigenvalue weighted by Gasteiger charge is 2.48. The highest BCUT2D eigenvalue weighted by molar-refractivity contribution is 7.92. The van der Waals surface area contributed by atoms with Crippen molar-refractivity contribution in [2.24, 2.45) is 5.92 Å². The molecule has 0 spiro atoms. The number of benzene rings is 1. The Morgan fingerprint density at radius 1 is 1.27 bits per heavy atom. The highest BCUT2D eigenvalue weighted by atomic mass is 32.2. The molecule has 1 aromatic heterocycles. The standard InChI is InChI=1S/C22H22F3N3O4S/c1-12-19(13(2)32-28-12)14-4-6-18(17(10-14)22(23,24)25)33(30,31)16-5-3-15(9-16)20(29)27-21(11-26)7-8-21/h4,6,10,15-16H,3,5,7-9H2,1-2H3,(H,27,29)/t15-,16-/m1/s1. The SMILES string of the molecule is Cc1noc(C)c1-c1ccc(S(=O)(=O)[C@@H]2CC[C@@H](C(=O)NC3(C#N)CC3)C2)c(C(F)(F)F)c1. The third-order valence-electron chi connectivity index (χ3n) is 6.43. The van der Waals surface area contributed by atoms with Gasteiger partial charge in [-0.3, -0.25) is 4.79 Å². The van der Waals surface area contributed by atoms with Crippen LogP contribution >= 0.6 is 0 Å². The van der Waals surface area contributed by atoms with E-state index in [1.165, 1.54) is 6.07 Å². The summed E-state index contributed by atoms with van der Waals surface area (Å²) >= 11 is 0. The Morgan fingerprint density at radius 3 is 2.52 bits per heavy atom. The lowest BCUT2D eigenvalue weighted by Crippen LogP contribution is -2.39. The van der Waals surface area contributed by atoms with E-state index in [4.69, 9.17) is 9.78 Å². The zero-order valence-corrected chi connectivity index (χ0v) is 18.8. The predicted octanol–water partition coefficient (Wildman–Crippen LogP) is 4.09. The lowest BCUT2D eigenvalue weighted by Gasteiger charge is -2.19. The van der Waals surface area contributed by atoms with Gasteiger partial charge >= 0.3 is 6.18 Å². The molecule has 2 aliphatic rings. The molecule has 0 aliphatic heterocycles. The van der Waals surface area contributed by atoms with E-state index < -0.39 is 49.1 Å². The summed E-state index contributed by atoms with van der Waals surface area (Å²) in [4.78, 5) is 11.7. The van der Waals surface area contributed by atoms with Gasteiger partial charge in [-0.05, 0) is 63.6 Å². The number of nitriles is 1. The van der Waals surface area contributed by atoms with Crippen LogP contribution in [0.4, 0.5) is 13.2 Å². The molecule has 2 atom stereocenters. The topological polar surface area (TPSA) is 113 Å². The largest absolute Gasteiger partial charge is 0.417 e. The molecule has 1 amide bonds. The van der Waals surface area contributed by atoms with Crippen molar-refractivity contribution in [2.45, 2.75) is 67.8 Å². The predicted molar refractivity (Wildman–Crippen MR) is 110 cm³/mol. The fourth-order valence-corrected chi connectivity index (χ4v) is 6.45. The first-order valence-electron chi connectivity index (χ1n) is 10.5. The van der Waals surface area contributed by atoms with Gasteiger partial charge in [0.2, 0.25) is 5.91 Å². The lowest BCUT2D eigenvalue weighted by molar-refractivity contribution is -0.139. The summed E-state index contributed by atoms with van der Waals surface area (Å²) in [5.74, 6) is -0.755. The quantitative estimate of drug-likeness (QED) is 0.688. The van der Waals surface area contributed by atoms with Crippen LogP contribution in [-0.2, 0) is 20.8 Å². The van der Waals surface area contributed by atoms with Gasteiger partial charge in [0.1, 0.15) is 11.3 Å². The maximum atomic E-state index is 13.9. The van der Waals surface area contributed by atoms with Crippen molar-refractivity contribution in [1.82, 2.24) is 10.5 Å². The number of aryl methyl sites for hydroxylation is 2. The highest BCUT2D eigenvalue weighted by Crippen LogP contribution is 2.42. The van der Waals surface area contributed by atoms with Gasteiger partial charge in [-0.25, -0.2) is 8.42 Å². The molecule has 4 rings (SSSR count). The van der Waals surface area contributed by atoms with Crippen LogP contribution in [0, 0.1) is 31.1 Å². The Labute approximate surface area is 188 Å². The fraction of sp³-hybridized carbons (Fsp3) is 0.500. The lowest BCUT2D eigenvalue weighted by atomic mass is 10.0. The molecule has 0 saturated heterocycles. The van der Waals surface area contributed by atoms with Crippen LogP contribution < -0.4 is 5.32 Å². The molecule has 33 heavy (non-hydrogen) atoms. The number of sulfone groups is 1. The number of aromatic nitrogens is 1. The Bertz CT molecular complexity index is 1240. The van der Waals surface area contributed by atoms with Crippen molar-refractivity contribution >= 4 is 15.7 Å². The molecule has 176 valence electrons. The molecular formula is C22H22F3N3O4S. The molecule has 0 radical (unpaired) electrons. The second-order valence-corrected chi connectivity index (χ2v) is 11.0. The number of nitrogens with zero attached hydrogens (tertiary/aromatic N) is 2. The van der Waals surface area contributed by atoms with Gasteiger partial charge in [-0.1, -0.05) is 11.2 Å². The summed E-state index contributed by atoms with van der Waals surface area (Å²) in [6.45, 7) is 3.15. The maximum absolute atomic E-state index is 13.9. The number of carbonyl (C=O) groups is 1. The monoisotopic (exact) mass is 481 g/mol. The maximum Gasteiger partial charge on any atom is 0.417 e. The Balaban J connectivity index is 1.64. The summed E-state index contributed by atoms with van der Waals surface area (Å²) in [5.41, 5.74) is -1.20. The smallest absolute Gasteiger partial charge is 0.361 e. The van der Waals surface area contributed by atoms with Crippen molar-refractivity contribution in [3.8, 4) is 17.2 Å². The minimum absolute atomic E-state index is 0.0723. The number of halogens is 3. The first kappa shape index (κ1) is 23.3. The summed E-state index contributed by atoms with van der Waals surface area (Å²) in [5, 5.41) is 14.4. The minimum Gasteiger partial charge on any atom is -0.361 e. The number of carbonyl (C=O) groups excluding carboxylic acids is 1. The van der Waals surface area contributed by atoms with Crippen LogP contribution in [0.1, 0.15) is 49.1 Å². The second kappa shape index (κ2) is 7.87. The summed E-state index contributed by atoms with van der Waals surface area (Å²) in [6, 6.07) is 5.14. The Hall–Kier alpha value is -2.87. The van der Waals surface area contributed by atoms with Crippen molar-refractivity contribution in [2.75, 3.05) is 0 Å². The van der Waals surface area contributed by atoms with Gasteiger partial charge in [0.25, 0.3) is 0 Å². The molecule has 1 N–H and O–H groups in total. The van der Waals surface area contributed by atoms with Crippen LogP contribution in [0.2, 0.25) is 0 Å². The van der Waals surface area contributed by atoms with E-state index >= 15 is 0 Å². The van der Waals surface area contributed by atoms with Gasteiger partial charge in [-0.2, -0.15) is 18.4 Å².